The Balaban J connectivity index is 2.99. The van der Waals surface area contributed by atoms with Crippen molar-refractivity contribution >= 4 is 11.7 Å². The third kappa shape index (κ3) is 4.61. The minimum absolute atomic E-state index is 0.0446. The molecular weight excluding hydrogens is 275 g/mol. The van der Waals surface area contributed by atoms with Crippen LogP contribution in [0.1, 0.15) is 12.0 Å². The molecule has 0 radical (unpaired) electrons. The molecule has 112 valence electrons. The SMILES string of the molecule is CNC(=O)Nc1ccc(C(F)(F)F)cc1OCCCN. The average molecular weight is 291 g/mol. The van der Waals surface area contributed by atoms with Gasteiger partial charge in [0, 0.05) is 7.05 Å². The quantitative estimate of drug-likeness (QED) is 0.728. The highest BCUT2D eigenvalue weighted by Gasteiger charge is 2.31. The molecule has 0 saturated heterocycles. The summed E-state index contributed by atoms with van der Waals surface area (Å²) in [4.78, 5) is 11.2. The van der Waals surface area contributed by atoms with Gasteiger partial charge >= 0.3 is 12.2 Å². The van der Waals surface area contributed by atoms with Crippen molar-refractivity contribution in [3.63, 3.8) is 0 Å². The van der Waals surface area contributed by atoms with Gasteiger partial charge in [0.25, 0.3) is 0 Å². The van der Waals surface area contributed by atoms with E-state index in [-0.39, 0.29) is 18.0 Å². The molecule has 0 unspecified atom stereocenters. The largest absolute Gasteiger partial charge is 0.491 e. The molecule has 1 aromatic carbocycles. The van der Waals surface area contributed by atoms with Crippen LogP contribution in [0, 0.1) is 0 Å². The van der Waals surface area contributed by atoms with Gasteiger partial charge in [-0.25, -0.2) is 4.79 Å². The predicted octanol–water partition coefficient (Wildman–Crippen LogP) is 2.18. The molecule has 1 aromatic rings. The topological polar surface area (TPSA) is 76.4 Å². The fraction of sp³-hybridized carbons (Fsp3) is 0.417. The van der Waals surface area contributed by atoms with Crippen molar-refractivity contribution in [2.75, 3.05) is 25.5 Å². The summed E-state index contributed by atoms with van der Waals surface area (Å²) < 4.78 is 43.2. The Labute approximate surface area is 114 Å². The summed E-state index contributed by atoms with van der Waals surface area (Å²) in [5, 5.41) is 4.70. The molecule has 0 aliphatic carbocycles. The Bertz CT molecular complexity index is 464. The van der Waals surface area contributed by atoms with Gasteiger partial charge in [0.2, 0.25) is 0 Å². The first-order valence-corrected chi connectivity index (χ1v) is 5.91. The highest BCUT2D eigenvalue weighted by molar-refractivity contribution is 5.90. The van der Waals surface area contributed by atoms with Crippen molar-refractivity contribution in [3.8, 4) is 5.75 Å². The smallest absolute Gasteiger partial charge is 0.416 e. The Hall–Kier alpha value is -1.96. The molecule has 0 atom stereocenters. The van der Waals surface area contributed by atoms with Crippen LogP contribution < -0.4 is 21.1 Å². The molecule has 8 heteroatoms. The second-order valence-corrected chi connectivity index (χ2v) is 3.90. The van der Waals surface area contributed by atoms with E-state index in [9.17, 15) is 18.0 Å². The van der Waals surface area contributed by atoms with Crippen molar-refractivity contribution in [2.24, 2.45) is 5.73 Å². The van der Waals surface area contributed by atoms with Crippen LogP contribution >= 0.6 is 0 Å². The number of ether oxygens (including phenoxy) is 1. The normalized spacial score (nSPS) is 11.1. The Morgan fingerprint density at radius 3 is 2.65 bits per heavy atom. The number of alkyl halides is 3. The van der Waals surface area contributed by atoms with Crippen LogP contribution in [0.4, 0.5) is 23.7 Å². The van der Waals surface area contributed by atoms with Crippen LogP contribution in [0.3, 0.4) is 0 Å². The van der Waals surface area contributed by atoms with Crippen LogP contribution in [0.5, 0.6) is 5.75 Å². The third-order valence-electron chi connectivity index (χ3n) is 2.39. The lowest BCUT2D eigenvalue weighted by atomic mass is 10.2. The molecule has 0 aromatic heterocycles. The monoisotopic (exact) mass is 291 g/mol. The summed E-state index contributed by atoms with van der Waals surface area (Å²) in [5.74, 6) is -0.0446. The summed E-state index contributed by atoms with van der Waals surface area (Å²) in [7, 11) is 1.40. The van der Waals surface area contributed by atoms with Crippen molar-refractivity contribution in [1.82, 2.24) is 5.32 Å². The fourth-order valence-corrected chi connectivity index (χ4v) is 1.37. The van der Waals surface area contributed by atoms with Gasteiger partial charge in [-0.15, -0.1) is 0 Å². The lowest BCUT2D eigenvalue weighted by molar-refractivity contribution is -0.137. The van der Waals surface area contributed by atoms with E-state index in [0.29, 0.717) is 13.0 Å². The number of hydrogen-bond donors (Lipinski definition) is 3. The Morgan fingerprint density at radius 2 is 2.10 bits per heavy atom. The first kappa shape index (κ1) is 16.1. The average Bonchev–Trinajstić information content (AvgIpc) is 2.39. The molecule has 0 fully saturated rings. The number of nitrogens with one attached hydrogen (secondary N) is 2. The lowest BCUT2D eigenvalue weighted by Crippen LogP contribution is -2.25. The van der Waals surface area contributed by atoms with E-state index in [4.69, 9.17) is 10.5 Å². The second-order valence-electron chi connectivity index (χ2n) is 3.90. The zero-order valence-corrected chi connectivity index (χ0v) is 10.9. The van der Waals surface area contributed by atoms with Gasteiger partial charge in [0.1, 0.15) is 5.75 Å². The van der Waals surface area contributed by atoms with Gasteiger partial charge in [-0.2, -0.15) is 13.2 Å². The summed E-state index contributed by atoms with van der Waals surface area (Å²) in [5.41, 5.74) is 4.61. The number of hydrogen-bond acceptors (Lipinski definition) is 3. The van der Waals surface area contributed by atoms with Gasteiger partial charge in [-0.05, 0) is 31.2 Å². The maximum atomic E-state index is 12.6. The number of carbonyl (C=O) groups excluding carboxylic acids is 1. The zero-order chi connectivity index (χ0) is 15.2. The lowest BCUT2D eigenvalue weighted by Gasteiger charge is -2.15. The molecule has 1 rings (SSSR count). The molecule has 4 N–H and O–H groups in total. The number of urea groups is 1. The number of amides is 2. The van der Waals surface area contributed by atoms with Crippen molar-refractivity contribution in [3.05, 3.63) is 23.8 Å². The summed E-state index contributed by atoms with van der Waals surface area (Å²) in [6, 6.07) is 2.33. The summed E-state index contributed by atoms with van der Waals surface area (Å²) in [6.07, 6.45) is -3.98. The minimum Gasteiger partial charge on any atom is -0.491 e. The van der Waals surface area contributed by atoms with Crippen molar-refractivity contribution < 1.29 is 22.7 Å². The van der Waals surface area contributed by atoms with Crippen LogP contribution in [-0.2, 0) is 6.18 Å². The molecule has 2 amide bonds. The van der Waals surface area contributed by atoms with Gasteiger partial charge in [0.15, 0.2) is 0 Å². The van der Waals surface area contributed by atoms with Crippen LogP contribution in [0.25, 0.3) is 0 Å². The second kappa shape index (κ2) is 6.99. The number of benzene rings is 1. The Morgan fingerprint density at radius 1 is 1.40 bits per heavy atom. The first-order chi connectivity index (χ1) is 9.38. The summed E-state index contributed by atoms with van der Waals surface area (Å²) >= 11 is 0. The van der Waals surface area contributed by atoms with Crippen LogP contribution in [0.2, 0.25) is 0 Å². The predicted molar refractivity (Wildman–Crippen MR) is 68.7 cm³/mol. The number of halogens is 3. The molecule has 0 aliphatic heterocycles. The molecule has 0 bridgehead atoms. The van der Waals surface area contributed by atoms with Gasteiger partial charge < -0.3 is 21.1 Å². The molecule has 0 spiro atoms. The number of nitrogens with two attached hydrogens (primary N) is 1. The number of anilines is 1. The Kier molecular flexibility index (Phi) is 5.63. The van der Waals surface area contributed by atoms with E-state index in [2.05, 4.69) is 10.6 Å². The van der Waals surface area contributed by atoms with E-state index in [0.717, 1.165) is 18.2 Å². The first-order valence-electron chi connectivity index (χ1n) is 5.91. The molecule has 20 heavy (non-hydrogen) atoms. The third-order valence-corrected chi connectivity index (χ3v) is 2.39. The molecule has 0 aliphatic rings. The van der Waals surface area contributed by atoms with E-state index in [1.54, 1.807) is 0 Å². The molecule has 0 saturated carbocycles. The standard InChI is InChI=1S/C12H16F3N3O2/c1-17-11(19)18-9-4-3-8(12(13,14)15)7-10(9)20-6-2-5-16/h3-4,7H,2,5-6,16H2,1H3,(H2,17,18,19). The van der Waals surface area contributed by atoms with Gasteiger partial charge in [-0.3, -0.25) is 0 Å². The highest BCUT2D eigenvalue weighted by Crippen LogP contribution is 2.35. The highest BCUT2D eigenvalue weighted by atomic mass is 19.4. The van der Waals surface area contributed by atoms with Crippen LogP contribution in [-0.4, -0.2) is 26.2 Å². The maximum Gasteiger partial charge on any atom is 0.416 e. The maximum absolute atomic E-state index is 12.6. The zero-order valence-electron chi connectivity index (χ0n) is 10.9. The van der Waals surface area contributed by atoms with E-state index in [1.165, 1.54) is 7.05 Å². The fourth-order valence-electron chi connectivity index (χ4n) is 1.37. The van der Waals surface area contributed by atoms with Crippen molar-refractivity contribution in [2.45, 2.75) is 12.6 Å². The number of carbonyl (C=O) groups is 1. The van der Waals surface area contributed by atoms with Gasteiger partial charge in [-0.1, -0.05) is 0 Å². The van der Waals surface area contributed by atoms with Crippen LogP contribution in [0.15, 0.2) is 18.2 Å². The van der Waals surface area contributed by atoms with E-state index >= 15 is 0 Å². The summed E-state index contributed by atoms with van der Waals surface area (Å²) in [6.45, 7) is 0.525. The number of rotatable bonds is 5. The van der Waals surface area contributed by atoms with E-state index in [1.807, 2.05) is 0 Å². The minimum atomic E-state index is -4.47. The molecule has 5 nitrogen and oxygen atoms in total. The van der Waals surface area contributed by atoms with Crippen molar-refractivity contribution in [1.29, 1.82) is 0 Å². The molecular formula is C12H16F3N3O2. The van der Waals surface area contributed by atoms with E-state index < -0.39 is 17.8 Å². The molecule has 0 heterocycles. The van der Waals surface area contributed by atoms with Gasteiger partial charge in [0.05, 0.1) is 17.9 Å².